The summed E-state index contributed by atoms with van der Waals surface area (Å²) in [6, 6.07) is 0. The van der Waals surface area contributed by atoms with Crippen molar-refractivity contribution >= 4 is 5.97 Å². The highest BCUT2D eigenvalue weighted by molar-refractivity contribution is 5.88. The van der Waals surface area contributed by atoms with Crippen LogP contribution in [-0.4, -0.2) is 35.9 Å². The van der Waals surface area contributed by atoms with Crippen molar-refractivity contribution < 1.29 is 9.53 Å². The molecule has 1 saturated heterocycles. The molecule has 1 aliphatic rings. The predicted molar refractivity (Wildman–Crippen MR) is 63.8 cm³/mol. The Bertz CT molecular complexity index is 394. The Labute approximate surface area is 101 Å². The van der Waals surface area contributed by atoms with E-state index in [0.29, 0.717) is 11.6 Å². The first-order valence-corrected chi connectivity index (χ1v) is 6.02. The molecule has 0 atom stereocenters. The molecule has 1 N–H and O–H groups in total. The third-order valence-corrected chi connectivity index (χ3v) is 3.25. The van der Waals surface area contributed by atoms with Crippen LogP contribution in [0.15, 0.2) is 6.20 Å². The second-order valence-corrected chi connectivity index (χ2v) is 4.57. The fraction of sp³-hybridized carbons (Fsp3) is 0.667. The van der Waals surface area contributed by atoms with E-state index in [-0.39, 0.29) is 5.97 Å². The number of rotatable bonds is 3. The lowest BCUT2D eigenvalue weighted by atomic mass is 9.91. The highest BCUT2D eigenvalue weighted by Gasteiger charge is 2.21. The third kappa shape index (κ3) is 2.85. The van der Waals surface area contributed by atoms with E-state index in [4.69, 9.17) is 4.74 Å². The van der Waals surface area contributed by atoms with Crippen LogP contribution in [-0.2, 0) is 18.2 Å². The molecule has 0 aliphatic carbocycles. The van der Waals surface area contributed by atoms with Crippen molar-refractivity contribution in [3.8, 4) is 0 Å². The van der Waals surface area contributed by atoms with E-state index in [1.54, 1.807) is 4.68 Å². The lowest BCUT2D eigenvalue weighted by Gasteiger charge is -2.22. The number of hydrogen-bond donors (Lipinski definition) is 1. The molecule has 0 radical (unpaired) electrons. The first-order chi connectivity index (χ1) is 8.20. The van der Waals surface area contributed by atoms with Gasteiger partial charge in [0.1, 0.15) is 0 Å². The molecule has 1 aromatic heterocycles. The maximum atomic E-state index is 11.6. The number of carbonyl (C=O) groups is 1. The van der Waals surface area contributed by atoms with Crippen molar-refractivity contribution in [3.05, 3.63) is 17.5 Å². The quantitative estimate of drug-likeness (QED) is 0.788. The number of esters is 1. The summed E-state index contributed by atoms with van der Waals surface area (Å²) in [6.07, 6.45) is 5.17. The Morgan fingerprint density at radius 1 is 1.59 bits per heavy atom. The molecule has 2 heterocycles. The van der Waals surface area contributed by atoms with Crippen molar-refractivity contribution in [1.82, 2.24) is 15.1 Å². The van der Waals surface area contributed by atoms with Gasteiger partial charge in [0.15, 0.2) is 5.69 Å². The monoisotopic (exact) mass is 237 g/mol. The Hall–Kier alpha value is -1.36. The Morgan fingerprint density at radius 3 is 2.94 bits per heavy atom. The molecule has 0 spiro atoms. The van der Waals surface area contributed by atoms with E-state index >= 15 is 0 Å². The number of hydrogen-bond acceptors (Lipinski definition) is 4. The number of ether oxygens (including phenoxy) is 1. The van der Waals surface area contributed by atoms with Gasteiger partial charge in [0.25, 0.3) is 0 Å². The van der Waals surface area contributed by atoms with E-state index in [2.05, 4.69) is 10.4 Å². The van der Waals surface area contributed by atoms with E-state index in [9.17, 15) is 4.79 Å². The van der Waals surface area contributed by atoms with Crippen LogP contribution < -0.4 is 5.32 Å². The lowest BCUT2D eigenvalue weighted by Crippen LogP contribution is -2.28. The highest BCUT2D eigenvalue weighted by Crippen LogP contribution is 2.20. The Morgan fingerprint density at radius 2 is 2.29 bits per heavy atom. The van der Waals surface area contributed by atoms with Crippen LogP contribution in [0.1, 0.15) is 28.9 Å². The molecule has 5 nitrogen and oxygen atoms in total. The molecule has 0 saturated carbocycles. The fourth-order valence-corrected chi connectivity index (χ4v) is 2.35. The van der Waals surface area contributed by atoms with E-state index in [0.717, 1.165) is 37.9 Å². The van der Waals surface area contributed by atoms with Gasteiger partial charge in [0, 0.05) is 18.8 Å². The molecule has 0 aromatic carbocycles. The number of methoxy groups -OCH3 is 1. The van der Waals surface area contributed by atoms with Crippen LogP contribution in [0.25, 0.3) is 0 Å². The van der Waals surface area contributed by atoms with Gasteiger partial charge in [-0.15, -0.1) is 0 Å². The topological polar surface area (TPSA) is 56.1 Å². The highest BCUT2D eigenvalue weighted by atomic mass is 16.5. The molecule has 5 heteroatoms. The van der Waals surface area contributed by atoms with Gasteiger partial charge in [-0.25, -0.2) is 4.79 Å². The van der Waals surface area contributed by atoms with Crippen molar-refractivity contribution in [2.75, 3.05) is 20.2 Å². The molecule has 2 rings (SSSR count). The van der Waals surface area contributed by atoms with Gasteiger partial charge >= 0.3 is 5.97 Å². The molecular weight excluding hydrogens is 218 g/mol. The van der Waals surface area contributed by atoms with Gasteiger partial charge in [0.05, 0.1) is 7.11 Å². The molecular formula is C12H19N3O2. The van der Waals surface area contributed by atoms with Crippen LogP contribution in [0.4, 0.5) is 0 Å². The Kier molecular flexibility index (Phi) is 3.78. The smallest absolute Gasteiger partial charge is 0.358 e. The summed E-state index contributed by atoms with van der Waals surface area (Å²) >= 11 is 0. The molecule has 17 heavy (non-hydrogen) atoms. The minimum Gasteiger partial charge on any atom is -0.464 e. The van der Waals surface area contributed by atoms with Crippen molar-refractivity contribution in [2.45, 2.75) is 19.3 Å². The summed E-state index contributed by atoms with van der Waals surface area (Å²) in [4.78, 5) is 11.6. The maximum absolute atomic E-state index is 11.6. The molecule has 1 aromatic rings. The minimum atomic E-state index is -0.338. The van der Waals surface area contributed by atoms with Crippen molar-refractivity contribution in [3.63, 3.8) is 0 Å². The second-order valence-electron chi connectivity index (χ2n) is 4.57. The van der Waals surface area contributed by atoms with E-state index in [1.165, 1.54) is 7.11 Å². The number of piperidine rings is 1. The van der Waals surface area contributed by atoms with Gasteiger partial charge in [0.2, 0.25) is 0 Å². The zero-order valence-corrected chi connectivity index (χ0v) is 10.4. The van der Waals surface area contributed by atoms with Crippen molar-refractivity contribution in [2.24, 2.45) is 13.0 Å². The molecule has 0 unspecified atom stereocenters. The van der Waals surface area contributed by atoms with Crippen LogP contribution in [0.2, 0.25) is 0 Å². The van der Waals surface area contributed by atoms with E-state index in [1.807, 2.05) is 13.2 Å². The lowest BCUT2D eigenvalue weighted by molar-refractivity contribution is 0.0591. The molecule has 1 fully saturated rings. The van der Waals surface area contributed by atoms with Gasteiger partial charge in [-0.1, -0.05) is 0 Å². The number of aromatic nitrogens is 2. The predicted octanol–water partition coefficient (Wildman–Crippen LogP) is 0.749. The summed E-state index contributed by atoms with van der Waals surface area (Å²) in [7, 11) is 3.23. The minimum absolute atomic E-state index is 0.338. The standard InChI is InChI=1S/C12H19N3O2/c1-15-8-10(11(14-15)12(16)17-2)7-9-3-5-13-6-4-9/h8-9,13H,3-7H2,1-2H3. The van der Waals surface area contributed by atoms with Gasteiger partial charge in [-0.2, -0.15) is 5.10 Å². The number of nitrogens with one attached hydrogen (secondary N) is 1. The summed E-state index contributed by atoms with van der Waals surface area (Å²) in [5.41, 5.74) is 1.47. The first-order valence-electron chi connectivity index (χ1n) is 6.02. The molecule has 1 aliphatic heterocycles. The number of carbonyl (C=O) groups excluding carboxylic acids is 1. The van der Waals surface area contributed by atoms with Gasteiger partial charge < -0.3 is 10.1 Å². The summed E-state index contributed by atoms with van der Waals surface area (Å²) < 4.78 is 6.44. The molecule has 94 valence electrons. The van der Waals surface area contributed by atoms with Crippen LogP contribution >= 0.6 is 0 Å². The van der Waals surface area contributed by atoms with Crippen LogP contribution in [0.5, 0.6) is 0 Å². The largest absolute Gasteiger partial charge is 0.464 e. The fourth-order valence-electron chi connectivity index (χ4n) is 2.35. The molecule has 0 amide bonds. The maximum Gasteiger partial charge on any atom is 0.358 e. The van der Waals surface area contributed by atoms with Gasteiger partial charge in [-0.3, -0.25) is 4.68 Å². The summed E-state index contributed by atoms with van der Waals surface area (Å²) in [6.45, 7) is 2.14. The number of aryl methyl sites for hydroxylation is 1. The van der Waals surface area contributed by atoms with E-state index < -0.39 is 0 Å². The first kappa shape index (κ1) is 12.1. The summed E-state index contributed by atoms with van der Waals surface area (Å²) in [5.74, 6) is 0.304. The summed E-state index contributed by atoms with van der Waals surface area (Å²) in [5, 5.41) is 7.52. The zero-order valence-electron chi connectivity index (χ0n) is 10.4. The van der Waals surface area contributed by atoms with Crippen molar-refractivity contribution in [1.29, 1.82) is 0 Å². The average Bonchev–Trinajstić information content (AvgIpc) is 2.70. The normalized spacial score (nSPS) is 17.1. The van der Waals surface area contributed by atoms with Gasteiger partial charge in [-0.05, 0) is 38.3 Å². The average molecular weight is 237 g/mol. The van der Waals surface area contributed by atoms with Crippen LogP contribution in [0, 0.1) is 5.92 Å². The zero-order chi connectivity index (χ0) is 12.3. The molecule has 0 bridgehead atoms. The third-order valence-electron chi connectivity index (χ3n) is 3.25. The number of nitrogens with zero attached hydrogens (tertiary/aromatic N) is 2. The van der Waals surface area contributed by atoms with Crippen LogP contribution in [0.3, 0.4) is 0 Å². The SMILES string of the molecule is COC(=O)c1nn(C)cc1CC1CCNCC1. The second kappa shape index (κ2) is 5.31. The Balaban J connectivity index is 2.11.